The smallest absolute Gasteiger partial charge is 0.411 e. The number of rotatable bonds is 4. The molecule has 1 aromatic carbocycles. The Balaban J connectivity index is 1.44. The molecule has 0 unspecified atom stereocenters. The molecule has 1 N–H and O–H groups in total. The van der Waals surface area contributed by atoms with Crippen LogP contribution in [0.5, 0.6) is 0 Å². The number of benzene rings is 1. The summed E-state index contributed by atoms with van der Waals surface area (Å²) in [5, 5.41) is 2.84. The third-order valence-electron chi connectivity index (χ3n) is 5.18. The molecule has 25 heavy (non-hydrogen) atoms. The monoisotopic (exact) mass is 404 g/mol. The van der Waals surface area contributed by atoms with E-state index in [-0.39, 0.29) is 18.2 Å². The third kappa shape index (κ3) is 3.72. The number of imidazole rings is 1. The highest BCUT2D eigenvalue weighted by Crippen LogP contribution is 2.35. The van der Waals surface area contributed by atoms with Gasteiger partial charge in [-0.05, 0) is 50.2 Å². The molecule has 0 aliphatic carbocycles. The number of fused-ring (bicyclic) bond motifs is 3. The molecule has 6 nitrogen and oxygen atoms in total. The summed E-state index contributed by atoms with van der Waals surface area (Å²) >= 11 is 3.39. The van der Waals surface area contributed by atoms with Crippen molar-refractivity contribution in [1.29, 1.82) is 0 Å². The highest BCUT2D eigenvalue weighted by molar-refractivity contribution is 9.10. The third-order valence-corrected chi connectivity index (χ3v) is 5.71. The van der Waals surface area contributed by atoms with Crippen molar-refractivity contribution in [1.82, 2.24) is 14.5 Å². The molecular weight excluding hydrogens is 384 g/mol. The van der Waals surface area contributed by atoms with Gasteiger partial charge in [-0.3, -0.25) is 10.2 Å². The minimum atomic E-state index is -0.378. The first kappa shape index (κ1) is 16.6. The van der Waals surface area contributed by atoms with Crippen LogP contribution in [-0.4, -0.2) is 45.8 Å². The van der Waals surface area contributed by atoms with Gasteiger partial charge in [0, 0.05) is 35.0 Å². The number of aromatic nitrogens is 2. The number of amides is 1. The Labute approximate surface area is 155 Å². The first-order chi connectivity index (χ1) is 12.2. The van der Waals surface area contributed by atoms with Crippen molar-refractivity contribution in [3.63, 3.8) is 0 Å². The van der Waals surface area contributed by atoms with Gasteiger partial charge in [0.15, 0.2) is 0 Å². The molecule has 0 radical (unpaired) electrons. The molecule has 7 heteroatoms. The van der Waals surface area contributed by atoms with E-state index in [4.69, 9.17) is 4.74 Å². The van der Waals surface area contributed by atoms with Gasteiger partial charge in [0.25, 0.3) is 0 Å². The molecule has 0 spiro atoms. The lowest BCUT2D eigenvalue weighted by molar-refractivity contribution is -0.0796. The molecule has 1 amide bonds. The largest absolute Gasteiger partial charge is 0.444 e. The molecule has 132 valence electrons. The van der Waals surface area contributed by atoms with Gasteiger partial charge in [-0.1, -0.05) is 15.9 Å². The second-order valence-corrected chi connectivity index (χ2v) is 7.62. The molecule has 2 aromatic rings. The van der Waals surface area contributed by atoms with E-state index in [1.165, 1.54) is 0 Å². The fourth-order valence-corrected chi connectivity index (χ4v) is 4.17. The van der Waals surface area contributed by atoms with E-state index in [0.29, 0.717) is 5.92 Å². The number of carbonyl (C=O) groups excluding carboxylic acids is 1. The van der Waals surface area contributed by atoms with Gasteiger partial charge < -0.3 is 9.30 Å². The predicted molar refractivity (Wildman–Crippen MR) is 98.3 cm³/mol. The lowest BCUT2D eigenvalue weighted by Crippen LogP contribution is -2.60. The molecule has 1 aromatic heterocycles. The van der Waals surface area contributed by atoms with Crippen LogP contribution in [0.15, 0.2) is 47.5 Å². The Morgan fingerprint density at radius 3 is 2.72 bits per heavy atom. The van der Waals surface area contributed by atoms with Gasteiger partial charge in [0.2, 0.25) is 0 Å². The van der Waals surface area contributed by atoms with Crippen molar-refractivity contribution in [3.05, 3.63) is 47.5 Å². The SMILES string of the molecule is O=C(Nc1ccc(Br)cc1)O[C@@H]1C2CCN(CC2)[C@@H]1Cn1ccnc1. The maximum Gasteiger partial charge on any atom is 0.411 e. The maximum absolute atomic E-state index is 12.4. The number of piperidine rings is 3. The van der Waals surface area contributed by atoms with Crippen LogP contribution in [0.25, 0.3) is 0 Å². The fourth-order valence-electron chi connectivity index (χ4n) is 3.91. The molecule has 3 aliphatic heterocycles. The van der Waals surface area contributed by atoms with E-state index < -0.39 is 0 Å². The first-order valence-corrected chi connectivity index (χ1v) is 9.41. The van der Waals surface area contributed by atoms with Crippen LogP contribution in [0.4, 0.5) is 10.5 Å². The summed E-state index contributed by atoms with van der Waals surface area (Å²) < 4.78 is 8.92. The van der Waals surface area contributed by atoms with Crippen molar-refractivity contribution in [3.8, 4) is 0 Å². The molecule has 0 saturated carbocycles. The average molecular weight is 405 g/mol. The Hall–Kier alpha value is -1.86. The van der Waals surface area contributed by atoms with E-state index in [9.17, 15) is 4.79 Å². The van der Waals surface area contributed by atoms with Crippen LogP contribution < -0.4 is 5.32 Å². The maximum atomic E-state index is 12.4. The van der Waals surface area contributed by atoms with Crippen LogP contribution in [0, 0.1) is 5.92 Å². The van der Waals surface area contributed by atoms with Crippen LogP contribution in [-0.2, 0) is 11.3 Å². The van der Waals surface area contributed by atoms with Gasteiger partial charge in [-0.2, -0.15) is 0 Å². The minimum Gasteiger partial charge on any atom is -0.444 e. The van der Waals surface area contributed by atoms with Gasteiger partial charge in [-0.25, -0.2) is 9.78 Å². The Morgan fingerprint density at radius 2 is 2.04 bits per heavy atom. The first-order valence-electron chi connectivity index (χ1n) is 8.62. The predicted octanol–water partition coefficient (Wildman–Crippen LogP) is 3.36. The van der Waals surface area contributed by atoms with E-state index in [1.807, 2.05) is 36.8 Å². The van der Waals surface area contributed by atoms with Crippen molar-refractivity contribution >= 4 is 27.7 Å². The number of carbonyl (C=O) groups is 1. The summed E-state index contributed by atoms with van der Waals surface area (Å²) in [6.07, 6.45) is 7.29. The molecule has 2 bridgehead atoms. The molecular formula is C18H21BrN4O2. The summed E-state index contributed by atoms with van der Waals surface area (Å²) in [6, 6.07) is 7.70. The lowest BCUT2D eigenvalue weighted by atomic mass is 9.80. The second kappa shape index (κ2) is 7.17. The van der Waals surface area contributed by atoms with Crippen molar-refractivity contribution in [2.75, 3.05) is 18.4 Å². The number of halogens is 1. The van der Waals surface area contributed by atoms with Crippen LogP contribution in [0.2, 0.25) is 0 Å². The van der Waals surface area contributed by atoms with E-state index in [2.05, 4.69) is 35.7 Å². The van der Waals surface area contributed by atoms with Crippen LogP contribution in [0.1, 0.15) is 12.8 Å². The number of hydrogen-bond donors (Lipinski definition) is 1. The number of nitrogens with one attached hydrogen (secondary N) is 1. The van der Waals surface area contributed by atoms with Crippen molar-refractivity contribution < 1.29 is 9.53 Å². The van der Waals surface area contributed by atoms with Gasteiger partial charge in [-0.15, -0.1) is 0 Å². The molecule has 3 fully saturated rings. The van der Waals surface area contributed by atoms with Gasteiger partial charge in [0.05, 0.1) is 12.4 Å². The summed E-state index contributed by atoms with van der Waals surface area (Å²) in [5.74, 6) is 0.439. The second-order valence-electron chi connectivity index (χ2n) is 6.70. The Kier molecular flexibility index (Phi) is 4.76. The van der Waals surface area contributed by atoms with Crippen molar-refractivity contribution in [2.24, 2.45) is 5.92 Å². The number of hydrogen-bond acceptors (Lipinski definition) is 4. The van der Waals surface area contributed by atoms with Crippen molar-refractivity contribution in [2.45, 2.75) is 31.5 Å². The van der Waals surface area contributed by atoms with Gasteiger partial charge >= 0.3 is 6.09 Å². The summed E-state index contributed by atoms with van der Waals surface area (Å²) in [5.41, 5.74) is 0.737. The highest BCUT2D eigenvalue weighted by atomic mass is 79.9. The lowest BCUT2D eigenvalue weighted by Gasteiger charge is -2.50. The normalized spacial score (nSPS) is 27.9. The van der Waals surface area contributed by atoms with E-state index in [1.54, 1.807) is 6.20 Å². The molecule has 3 saturated heterocycles. The molecule has 3 aliphatic rings. The average Bonchev–Trinajstić information content (AvgIpc) is 3.13. The molecule has 2 atom stereocenters. The van der Waals surface area contributed by atoms with Crippen LogP contribution in [0.3, 0.4) is 0 Å². The highest BCUT2D eigenvalue weighted by Gasteiger charge is 2.44. The Morgan fingerprint density at radius 1 is 1.28 bits per heavy atom. The quantitative estimate of drug-likeness (QED) is 0.848. The minimum absolute atomic E-state index is 0.0830. The topological polar surface area (TPSA) is 59.4 Å². The Bertz CT molecular complexity index is 711. The zero-order valence-corrected chi connectivity index (χ0v) is 15.4. The van der Waals surface area contributed by atoms with Crippen LogP contribution >= 0.6 is 15.9 Å². The standard InChI is InChI=1S/C18H21BrN4O2/c19-14-1-3-15(4-2-14)21-18(24)25-17-13-5-8-23(9-6-13)16(17)11-22-10-7-20-12-22/h1-4,7,10,12-13,16-17H,5-6,8-9,11H2,(H,21,24)/t16-,17-/m1/s1. The number of anilines is 1. The molecule has 4 heterocycles. The number of ether oxygens (including phenoxy) is 1. The zero-order chi connectivity index (χ0) is 17.2. The zero-order valence-electron chi connectivity index (χ0n) is 13.8. The summed E-state index contributed by atoms with van der Waals surface area (Å²) in [4.78, 5) is 19.0. The van der Waals surface area contributed by atoms with Gasteiger partial charge in [0.1, 0.15) is 6.10 Å². The van der Waals surface area contributed by atoms with E-state index >= 15 is 0 Å². The molecule has 5 rings (SSSR count). The van der Waals surface area contributed by atoms with E-state index in [0.717, 1.165) is 42.6 Å². The summed E-state index contributed by atoms with van der Waals surface area (Å²) in [6.45, 7) is 2.96. The fraction of sp³-hybridized carbons (Fsp3) is 0.444. The summed E-state index contributed by atoms with van der Waals surface area (Å²) in [7, 11) is 0. The number of nitrogens with zero attached hydrogens (tertiary/aromatic N) is 3.